The monoisotopic (exact) mass is 465 g/mol. The van der Waals surface area contributed by atoms with Gasteiger partial charge in [-0.3, -0.25) is 24.8 Å². The zero-order chi connectivity index (χ0) is 24.2. The predicted octanol–water partition coefficient (Wildman–Crippen LogP) is 3.31. The van der Waals surface area contributed by atoms with Gasteiger partial charge < -0.3 is 19.7 Å². The molecule has 10 heteroatoms. The Morgan fingerprint density at radius 2 is 1.79 bits per heavy atom. The molecule has 0 unspecified atom stereocenters. The average Bonchev–Trinajstić information content (AvgIpc) is 2.87. The number of nitro benzene ring substituents is 1. The van der Waals surface area contributed by atoms with Gasteiger partial charge in [0.15, 0.2) is 11.5 Å². The second-order valence-corrected chi connectivity index (χ2v) is 8.04. The van der Waals surface area contributed by atoms with E-state index in [1.807, 2.05) is 13.0 Å². The molecular weight excluding hydrogens is 438 g/mol. The van der Waals surface area contributed by atoms with Crippen LogP contribution in [0.3, 0.4) is 0 Å². The number of non-ortho nitro benzene ring substituents is 1. The summed E-state index contributed by atoms with van der Waals surface area (Å²) in [7, 11) is 3.12. The van der Waals surface area contributed by atoms with E-state index in [0.29, 0.717) is 48.8 Å². The number of piperazine rings is 1. The van der Waals surface area contributed by atoms with Gasteiger partial charge in [0.05, 0.1) is 30.6 Å². The van der Waals surface area contributed by atoms with Crippen LogP contribution in [0.2, 0.25) is 0 Å². The lowest BCUT2D eigenvalue weighted by atomic mass is 10.1. The highest BCUT2D eigenvalue weighted by Gasteiger charge is 2.27. The molecule has 1 N–H and O–H groups in total. The van der Waals surface area contributed by atoms with Crippen molar-refractivity contribution < 1.29 is 19.2 Å². The van der Waals surface area contributed by atoms with E-state index in [-0.39, 0.29) is 22.6 Å². The molecular formula is C24H27N5O5. The molecule has 178 valence electrons. The van der Waals surface area contributed by atoms with E-state index in [1.165, 1.54) is 12.3 Å². The van der Waals surface area contributed by atoms with Crippen molar-refractivity contribution in [2.75, 3.05) is 50.6 Å². The van der Waals surface area contributed by atoms with Gasteiger partial charge in [0.25, 0.3) is 5.69 Å². The second-order valence-electron chi connectivity index (χ2n) is 8.04. The van der Waals surface area contributed by atoms with Crippen LogP contribution in [-0.4, -0.2) is 67.2 Å². The third-order valence-corrected chi connectivity index (χ3v) is 6.20. The lowest BCUT2D eigenvalue weighted by Gasteiger charge is -2.38. The SMILES string of the molecule is COc1ccc(NC(=O)[C@H](C)N2CCN(c3ccc([N+](=O)[O-])c4cnccc34)CC2)cc1OC. The summed E-state index contributed by atoms with van der Waals surface area (Å²) < 4.78 is 10.5. The highest BCUT2D eigenvalue weighted by Crippen LogP contribution is 2.34. The molecule has 3 aromatic rings. The van der Waals surface area contributed by atoms with Gasteiger partial charge in [-0.1, -0.05) is 0 Å². The molecule has 0 aliphatic carbocycles. The molecule has 1 aliphatic heterocycles. The molecule has 0 radical (unpaired) electrons. The van der Waals surface area contributed by atoms with Gasteiger partial charge in [0.2, 0.25) is 5.91 Å². The van der Waals surface area contributed by atoms with Crippen molar-refractivity contribution in [1.29, 1.82) is 0 Å². The fraction of sp³-hybridized carbons (Fsp3) is 0.333. The number of methoxy groups -OCH3 is 2. The quantitative estimate of drug-likeness (QED) is 0.418. The number of hydrogen-bond acceptors (Lipinski definition) is 8. The third kappa shape index (κ3) is 4.58. The van der Waals surface area contributed by atoms with Crippen molar-refractivity contribution in [3.8, 4) is 11.5 Å². The van der Waals surface area contributed by atoms with E-state index in [4.69, 9.17) is 9.47 Å². The van der Waals surface area contributed by atoms with Crippen LogP contribution in [0.15, 0.2) is 48.8 Å². The maximum atomic E-state index is 12.9. The van der Waals surface area contributed by atoms with Crippen molar-refractivity contribution in [2.24, 2.45) is 0 Å². The van der Waals surface area contributed by atoms with E-state index in [1.54, 1.807) is 44.7 Å². The van der Waals surface area contributed by atoms with Crippen molar-refractivity contribution in [3.05, 3.63) is 58.9 Å². The number of ether oxygens (including phenoxy) is 2. The van der Waals surface area contributed by atoms with Crippen molar-refractivity contribution in [1.82, 2.24) is 9.88 Å². The van der Waals surface area contributed by atoms with Crippen LogP contribution in [-0.2, 0) is 4.79 Å². The van der Waals surface area contributed by atoms with E-state index >= 15 is 0 Å². The minimum absolute atomic E-state index is 0.0472. The molecule has 0 saturated carbocycles. The number of anilines is 2. The van der Waals surface area contributed by atoms with Crippen LogP contribution >= 0.6 is 0 Å². The Kier molecular flexibility index (Phi) is 6.78. The summed E-state index contributed by atoms with van der Waals surface area (Å²) in [4.78, 5) is 32.3. The molecule has 34 heavy (non-hydrogen) atoms. The molecule has 1 saturated heterocycles. The number of nitrogens with zero attached hydrogens (tertiary/aromatic N) is 4. The van der Waals surface area contributed by atoms with Crippen LogP contribution in [0, 0.1) is 10.1 Å². The molecule has 1 atom stereocenters. The van der Waals surface area contributed by atoms with E-state index in [9.17, 15) is 14.9 Å². The Balaban J connectivity index is 1.42. The Labute approximate surface area is 197 Å². The Morgan fingerprint density at radius 3 is 2.47 bits per heavy atom. The van der Waals surface area contributed by atoms with Gasteiger partial charge >= 0.3 is 0 Å². The van der Waals surface area contributed by atoms with Gasteiger partial charge in [0.1, 0.15) is 0 Å². The van der Waals surface area contributed by atoms with Gasteiger partial charge in [-0.25, -0.2) is 0 Å². The number of hydrogen-bond donors (Lipinski definition) is 1. The largest absolute Gasteiger partial charge is 0.493 e. The molecule has 1 amide bonds. The first-order valence-corrected chi connectivity index (χ1v) is 11.0. The third-order valence-electron chi connectivity index (χ3n) is 6.20. The molecule has 2 aromatic carbocycles. The maximum absolute atomic E-state index is 12.9. The van der Waals surface area contributed by atoms with E-state index < -0.39 is 0 Å². The zero-order valence-corrected chi connectivity index (χ0v) is 19.4. The topological polar surface area (TPSA) is 110 Å². The minimum Gasteiger partial charge on any atom is -0.493 e. The summed E-state index contributed by atoms with van der Waals surface area (Å²) in [6.45, 7) is 4.65. The zero-order valence-electron chi connectivity index (χ0n) is 19.4. The molecule has 10 nitrogen and oxygen atoms in total. The fourth-order valence-electron chi connectivity index (χ4n) is 4.27. The summed E-state index contributed by atoms with van der Waals surface area (Å²) in [6.07, 6.45) is 3.18. The van der Waals surface area contributed by atoms with E-state index in [0.717, 1.165) is 11.1 Å². The normalized spacial score (nSPS) is 15.1. The number of aromatic nitrogens is 1. The summed E-state index contributed by atoms with van der Waals surface area (Å²) in [6, 6.07) is 10.1. The molecule has 4 rings (SSSR count). The highest BCUT2D eigenvalue weighted by atomic mass is 16.6. The van der Waals surface area contributed by atoms with Crippen LogP contribution in [0.4, 0.5) is 17.1 Å². The van der Waals surface area contributed by atoms with Crippen molar-refractivity contribution >= 4 is 33.7 Å². The standard InChI is InChI=1S/C24H27N5O5/c1-16(24(30)26-17-4-7-22(33-2)23(14-17)34-3)27-10-12-28(13-11-27)20-5-6-21(29(31)32)19-15-25-9-8-18(19)20/h4-9,14-16H,10-13H2,1-3H3,(H,26,30)/t16-/m0/s1. The smallest absolute Gasteiger partial charge is 0.278 e. The number of carbonyl (C=O) groups excluding carboxylic acids is 1. The Morgan fingerprint density at radius 1 is 1.06 bits per heavy atom. The maximum Gasteiger partial charge on any atom is 0.278 e. The lowest BCUT2D eigenvalue weighted by molar-refractivity contribution is -0.383. The molecule has 1 aromatic heterocycles. The van der Waals surface area contributed by atoms with Crippen LogP contribution in [0.5, 0.6) is 11.5 Å². The van der Waals surface area contributed by atoms with Crippen LogP contribution in [0.1, 0.15) is 6.92 Å². The van der Waals surface area contributed by atoms with Gasteiger partial charge in [-0.05, 0) is 31.2 Å². The number of benzene rings is 2. The average molecular weight is 466 g/mol. The number of amides is 1. The van der Waals surface area contributed by atoms with Crippen molar-refractivity contribution in [3.63, 3.8) is 0 Å². The number of nitrogens with one attached hydrogen (secondary N) is 1. The number of carbonyl (C=O) groups is 1. The number of fused-ring (bicyclic) bond motifs is 1. The first kappa shape index (κ1) is 23.2. The molecule has 1 aliphatic rings. The number of rotatable bonds is 7. The lowest BCUT2D eigenvalue weighted by Crippen LogP contribution is -2.52. The fourth-order valence-corrected chi connectivity index (χ4v) is 4.27. The second kappa shape index (κ2) is 9.92. The molecule has 0 bridgehead atoms. The molecule has 1 fully saturated rings. The Hall–Kier alpha value is -3.92. The summed E-state index contributed by atoms with van der Waals surface area (Å²) in [5, 5.41) is 15.7. The van der Waals surface area contributed by atoms with Gasteiger partial charge in [0, 0.05) is 67.5 Å². The van der Waals surface area contributed by atoms with Gasteiger partial charge in [-0.15, -0.1) is 0 Å². The number of nitro groups is 1. The van der Waals surface area contributed by atoms with Gasteiger partial charge in [-0.2, -0.15) is 0 Å². The Bertz CT molecular complexity index is 1210. The summed E-state index contributed by atoms with van der Waals surface area (Å²) in [5.41, 5.74) is 1.62. The number of pyridine rings is 1. The molecule has 2 heterocycles. The predicted molar refractivity (Wildman–Crippen MR) is 130 cm³/mol. The summed E-state index contributed by atoms with van der Waals surface area (Å²) in [5.74, 6) is 1.04. The summed E-state index contributed by atoms with van der Waals surface area (Å²) >= 11 is 0. The highest BCUT2D eigenvalue weighted by molar-refractivity contribution is 5.99. The minimum atomic E-state index is -0.384. The van der Waals surface area contributed by atoms with Crippen molar-refractivity contribution in [2.45, 2.75) is 13.0 Å². The molecule has 0 spiro atoms. The van der Waals surface area contributed by atoms with Crippen LogP contribution in [0.25, 0.3) is 10.8 Å². The first-order chi connectivity index (χ1) is 16.4. The first-order valence-electron chi connectivity index (χ1n) is 11.0. The van der Waals surface area contributed by atoms with E-state index in [2.05, 4.69) is 20.1 Å². The van der Waals surface area contributed by atoms with Crippen LogP contribution < -0.4 is 19.7 Å².